The number of piperidine rings is 1. The van der Waals surface area contributed by atoms with E-state index in [1.165, 1.54) is 21.3 Å². The number of ether oxygens (including phenoxy) is 3. The molecular formula is C14H15NO5. The number of imide groups is 1. The molecule has 2 fully saturated rings. The fraction of sp³-hybridized carbons (Fsp3) is 0.429. The standard InChI is InChI=1S/C14H15NO5/c1-18-9-4-7(5-10(19-2)11(9)20-3)14-6-8(14)12(16)15-13(14)17/h4-5,8H,6H2,1-3H3,(H,15,16,17). The Morgan fingerprint density at radius 1 is 1.10 bits per heavy atom. The predicted octanol–water partition coefficient (Wildman–Crippen LogP) is 0.626. The van der Waals surface area contributed by atoms with Crippen molar-refractivity contribution in [1.82, 2.24) is 5.32 Å². The number of benzene rings is 1. The zero-order valence-corrected chi connectivity index (χ0v) is 11.5. The lowest BCUT2D eigenvalue weighted by Gasteiger charge is -2.17. The van der Waals surface area contributed by atoms with Gasteiger partial charge in [0, 0.05) is 0 Å². The molecule has 1 saturated heterocycles. The van der Waals surface area contributed by atoms with Crippen LogP contribution in [0.1, 0.15) is 12.0 Å². The Balaban J connectivity index is 2.12. The summed E-state index contributed by atoms with van der Waals surface area (Å²) >= 11 is 0. The van der Waals surface area contributed by atoms with Gasteiger partial charge < -0.3 is 14.2 Å². The van der Waals surface area contributed by atoms with Gasteiger partial charge in [0.05, 0.1) is 32.7 Å². The molecule has 1 aliphatic heterocycles. The number of carbonyl (C=O) groups is 2. The lowest BCUT2D eigenvalue weighted by atomic mass is 9.93. The third-order valence-electron chi connectivity index (χ3n) is 4.10. The van der Waals surface area contributed by atoms with E-state index >= 15 is 0 Å². The van der Waals surface area contributed by atoms with Crippen LogP contribution < -0.4 is 19.5 Å². The summed E-state index contributed by atoms with van der Waals surface area (Å²) in [5.41, 5.74) is -0.0375. The van der Waals surface area contributed by atoms with Gasteiger partial charge in [-0.2, -0.15) is 0 Å². The van der Waals surface area contributed by atoms with Gasteiger partial charge in [-0.25, -0.2) is 0 Å². The van der Waals surface area contributed by atoms with E-state index < -0.39 is 5.41 Å². The molecule has 0 radical (unpaired) electrons. The summed E-state index contributed by atoms with van der Waals surface area (Å²) in [6.45, 7) is 0. The van der Waals surface area contributed by atoms with Crippen LogP contribution in [0.4, 0.5) is 0 Å². The summed E-state index contributed by atoms with van der Waals surface area (Å²) in [6.07, 6.45) is 0.538. The average Bonchev–Trinajstić information content (AvgIpc) is 3.17. The third-order valence-corrected chi connectivity index (χ3v) is 4.10. The molecule has 6 heteroatoms. The van der Waals surface area contributed by atoms with E-state index in [-0.39, 0.29) is 17.7 Å². The van der Waals surface area contributed by atoms with E-state index in [4.69, 9.17) is 14.2 Å². The van der Waals surface area contributed by atoms with E-state index in [0.717, 1.165) is 5.56 Å². The normalized spacial score (nSPS) is 26.9. The largest absolute Gasteiger partial charge is 0.493 e. The lowest BCUT2D eigenvalue weighted by molar-refractivity contribution is -0.127. The molecule has 1 aliphatic carbocycles. The Hall–Kier alpha value is -2.24. The van der Waals surface area contributed by atoms with Crippen LogP contribution in [-0.4, -0.2) is 33.1 Å². The van der Waals surface area contributed by atoms with Gasteiger partial charge >= 0.3 is 0 Å². The van der Waals surface area contributed by atoms with Gasteiger partial charge in [-0.15, -0.1) is 0 Å². The van der Waals surface area contributed by atoms with Crippen molar-refractivity contribution in [1.29, 1.82) is 0 Å². The maximum Gasteiger partial charge on any atom is 0.238 e. The van der Waals surface area contributed by atoms with Crippen LogP contribution in [0.3, 0.4) is 0 Å². The number of nitrogens with one attached hydrogen (secondary N) is 1. The topological polar surface area (TPSA) is 73.9 Å². The zero-order valence-electron chi connectivity index (χ0n) is 11.5. The van der Waals surface area contributed by atoms with Gasteiger partial charge in [0.15, 0.2) is 11.5 Å². The van der Waals surface area contributed by atoms with Crippen molar-refractivity contribution in [2.24, 2.45) is 5.92 Å². The molecule has 1 N–H and O–H groups in total. The molecule has 0 spiro atoms. The number of fused-ring (bicyclic) bond motifs is 1. The van der Waals surface area contributed by atoms with E-state index in [1.807, 2.05) is 0 Å². The second-order valence-corrected chi connectivity index (χ2v) is 4.96. The summed E-state index contributed by atoms with van der Waals surface area (Å²) in [4.78, 5) is 23.7. The fourth-order valence-corrected chi connectivity index (χ4v) is 2.93. The predicted molar refractivity (Wildman–Crippen MR) is 69.0 cm³/mol. The fourth-order valence-electron chi connectivity index (χ4n) is 2.93. The maximum absolute atomic E-state index is 12.1. The first-order valence-corrected chi connectivity index (χ1v) is 6.24. The van der Waals surface area contributed by atoms with Crippen molar-refractivity contribution in [2.45, 2.75) is 11.8 Å². The van der Waals surface area contributed by atoms with Crippen LogP contribution in [0.5, 0.6) is 17.2 Å². The van der Waals surface area contributed by atoms with Crippen molar-refractivity contribution in [3.63, 3.8) is 0 Å². The molecule has 2 atom stereocenters. The quantitative estimate of drug-likeness (QED) is 0.817. The highest BCUT2D eigenvalue weighted by Crippen LogP contribution is 2.59. The van der Waals surface area contributed by atoms with Crippen molar-refractivity contribution >= 4 is 11.8 Å². The number of amides is 2. The van der Waals surface area contributed by atoms with Crippen molar-refractivity contribution in [3.8, 4) is 17.2 Å². The minimum atomic E-state index is -0.760. The molecule has 2 unspecified atom stereocenters. The molecule has 20 heavy (non-hydrogen) atoms. The molecule has 1 aromatic rings. The molecule has 2 aliphatic rings. The highest BCUT2D eigenvalue weighted by atomic mass is 16.5. The van der Waals surface area contributed by atoms with Gasteiger partial charge in [0.2, 0.25) is 17.6 Å². The van der Waals surface area contributed by atoms with Gasteiger partial charge in [-0.05, 0) is 24.1 Å². The van der Waals surface area contributed by atoms with Gasteiger partial charge in [-0.1, -0.05) is 0 Å². The summed E-state index contributed by atoms with van der Waals surface area (Å²) in [5.74, 6) is 0.698. The SMILES string of the molecule is COc1cc(C23CC2C(=O)NC3=O)cc(OC)c1OC. The zero-order chi connectivity index (χ0) is 14.5. The molecule has 0 aromatic heterocycles. The molecule has 1 heterocycles. The van der Waals surface area contributed by atoms with Crippen molar-refractivity contribution in [2.75, 3.05) is 21.3 Å². The Morgan fingerprint density at radius 3 is 2.05 bits per heavy atom. The smallest absolute Gasteiger partial charge is 0.238 e. The molecule has 1 aromatic carbocycles. The first-order valence-electron chi connectivity index (χ1n) is 6.24. The molecule has 106 valence electrons. The van der Waals surface area contributed by atoms with Gasteiger partial charge in [0.25, 0.3) is 0 Å². The summed E-state index contributed by atoms with van der Waals surface area (Å²) in [7, 11) is 4.55. The highest BCUT2D eigenvalue weighted by Gasteiger charge is 2.69. The number of carbonyl (C=O) groups excluding carboxylic acids is 2. The van der Waals surface area contributed by atoms with Crippen LogP contribution in [0.25, 0.3) is 0 Å². The molecule has 6 nitrogen and oxygen atoms in total. The lowest BCUT2D eigenvalue weighted by Crippen LogP contribution is -2.30. The van der Waals surface area contributed by atoms with Crippen LogP contribution in [0.15, 0.2) is 12.1 Å². The van der Waals surface area contributed by atoms with E-state index in [1.54, 1.807) is 12.1 Å². The van der Waals surface area contributed by atoms with Crippen LogP contribution in [-0.2, 0) is 15.0 Å². The second-order valence-electron chi connectivity index (χ2n) is 4.96. The first-order chi connectivity index (χ1) is 9.58. The average molecular weight is 277 g/mol. The van der Waals surface area contributed by atoms with Crippen LogP contribution in [0.2, 0.25) is 0 Å². The van der Waals surface area contributed by atoms with Crippen molar-refractivity contribution in [3.05, 3.63) is 17.7 Å². The van der Waals surface area contributed by atoms with Gasteiger partial charge in [0.1, 0.15) is 0 Å². The number of rotatable bonds is 4. The number of hydrogen-bond donors (Lipinski definition) is 1. The first kappa shape index (κ1) is 12.8. The minimum Gasteiger partial charge on any atom is -0.493 e. The molecule has 0 bridgehead atoms. The third kappa shape index (κ3) is 1.44. The molecule has 3 rings (SSSR count). The summed E-state index contributed by atoms with van der Waals surface area (Å²) < 4.78 is 15.8. The minimum absolute atomic E-state index is 0.205. The van der Waals surface area contributed by atoms with E-state index in [9.17, 15) is 9.59 Å². The number of hydrogen-bond acceptors (Lipinski definition) is 5. The van der Waals surface area contributed by atoms with E-state index in [2.05, 4.69) is 5.32 Å². The summed E-state index contributed by atoms with van der Waals surface area (Å²) in [6, 6.07) is 3.47. The molecular weight excluding hydrogens is 262 g/mol. The Bertz CT molecular complexity index is 587. The maximum atomic E-state index is 12.1. The Kier molecular flexibility index (Phi) is 2.64. The summed E-state index contributed by atoms with van der Waals surface area (Å²) in [5, 5.41) is 2.37. The second kappa shape index (κ2) is 4.13. The molecule has 2 amide bonds. The highest BCUT2D eigenvalue weighted by molar-refractivity contribution is 6.15. The monoisotopic (exact) mass is 277 g/mol. The Labute approximate surface area is 116 Å². The van der Waals surface area contributed by atoms with E-state index in [0.29, 0.717) is 23.7 Å². The molecule has 1 saturated carbocycles. The number of methoxy groups -OCH3 is 3. The van der Waals surface area contributed by atoms with Crippen molar-refractivity contribution < 1.29 is 23.8 Å². The Morgan fingerprint density at radius 2 is 1.70 bits per heavy atom. The van der Waals surface area contributed by atoms with Crippen LogP contribution in [0, 0.1) is 5.92 Å². The van der Waals surface area contributed by atoms with Crippen LogP contribution >= 0.6 is 0 Å². The van der Waals surface area contributed by atoms with Gasteiger partial charge in [-0.3, -0.25) is 14.9 Å².